The van der Waals surface area contributed by atoms with E-state index in [2.05, 4.69) is 6.58 Å². The molecule has 4 rings (SSSR count). The maximum atomic E-state index is 13.6. The quantitative estimate of drug-likeness (QED) is 0.146. The summed E-state index contributed by atoms with van der Waals surface area (Å²) in [6.07, 6.45) is -11.4. The van der Waals surface area contributed by atoms with E-state index in [9.17, 15) is 38.7 Å². The Kier molecular flexibility index (Phi) is 12.9. The lowest BCUT2D eigenvalue weighted by Gasteiger charge is -2.60. The molecule has 13 unspecified atom stereocenters. The molecular formula is C39H56O16. The Morgan fingerprint density at radius 2 is 1.25 bits per heavy atom. The molecule has 2 saturated carbocycles. The molecule has 0 radical (unpaired) electrons. The maximum absolute atomic E-state index is 13.6. The van der Waals surface area contributed by atoms with Crippen molar-refractivity contribution in [1.82, 2.24) is 0 Å². The second kappa shape index (κ2) is 16.2. The van der Waals surface area contributed by atoms with Gasteiger partial charge in [0.15, 0.2) is 23.9 Å². The van der Waals surface area contributed by atoms with Crippen LogP contribution in [0.15, 0.2) is 12.2 Å². The number of esters is 7. The fraction of sp³-hybridized carbons (Fsp3) is 0.769. The number of carbonyl (C=O) groups excluding carboxylic acids is 7. The van der Waals surface area contributed by atoms with E-state index in [0.29, 0.717) is 0 Å². The summed E-state index contributed by atoms with van der Waals surface area (Å²) in [4.78, 5) is 92.9. The van der Waals surface area contributed by atoms with Crippen LogP contribution in [-0.4, -0.2) is 107 Å². The number of hydrogen-bond donors (Lipinski definition) is 1. The molecule has 0 aromatic rings. The third kappa shape index (κ3) is 8.40. The molecule has 1 N–H and O–H groups in total. The lowest BCUT2D eigenvalue weighted by molar-refractivity contribution is -0.288. The number of aliphatic hydroxyl groups is 1. The van der Waals surface area contributed by atoms with Crippen LogP contribution in [0.2, 0.25) is 0 Å². The fourth-order valence-corrected chi connectivity index (χ4v) is 8.84. The van der Waals surface area contributed by atoms with E-state index in [1.165, 1.54) is 13.8 Å². The van der Waals surface area contributed by atoms with Crippen LogP contribution in [0, 0.1) is 35.0 Å². The molecule has 55 heavy (non-hydrogen) atoms. The van der Waals surface area contributed by atoms with Crippen molar-refractivity contribution in [2.24, 2.45) is 35.0 Å². The summed E-state index contributed by atoms with van der Waals surface area (Å²) in [5.41, 5.74) is -6.00. The molecular weight excluding hydrogens is 724 g/mol. The van der Waals surface area contributed by atoms with Crippen LogP contribution in [0.25, 0.3) is 0 Å². The summed E-state index contributed by atoms with van der Waals surface area (Å²) < 4.78 is 48.3. The molecule has 2 heterocycles. The molecule has 0 aromatic carbocycles. The van der Waals surface area contributed by atoms with Crippen LogP contribution in [0.5, 0.6) is 0 Å². The Hall–Kier alpha value is -4.05. The Balaban J connectivity index is 2.17. The molecule has 0 amide bonds. The zero-order valence-corrected chi connectivity index (χ0v) is 33.5. The lowest BCUT2D eigenvalue weighted by atomic mass is 9.50. The zero-order valence-electron chi connectivity index (χ0n) is 33.5. The minimum Gasteiger partial charge on any atom is -0.462 e. The normalized spacial score (nSPS) is 38.2. The topological polar surface area (TPSA) is 217 Å². The van der Waals surface area contributed by atoms with Gasteiger partial charge in [0.25, 0.3) is 0 Å². The van der Waals surface area contributed by atoms with Gasteiger partial charge in [0.1, 0.15) is 30.0 Å². The van der Waals surface area contributed by atoms with E-state index < -0.39 is 119 Å². The lowest BCUT2D eigenvalue weighted by Crippen LogP contribution is -2.76. The molecule has 13 atom stereocenters. The minimum absolute atomic E-state index is 0.00480. The first-order chi connectivity index (χ1) is 25.4. The van der Waals surface area contributed by atoms with Gasteiger partial charge in [0.2, 0.25) is 0 Å². The number of ether oxygens (including phenoxy) is 8. The predicted molar refractivity (Wildman–Crippen MR) is 188 cm³/mol. The van der Waals surface area contributed by atoms with Crippen LogP contribution in [-0.2, 0) is 71.5 Å². The van der Waals surface area contributed by atoms with Gasteiger partial charge in [-0.1, -0.05) is 48.1 Å². The van der Waals surface area contributed by atoms with Gasteiger partial charge in [-0.15, -0.1) is 0 Å². The van der Waals surface area contributed by atoms with Crippen LogP contribution in [0.3, 0.4) is 0 Å². The highest BCUT2D eigenvalue weighted by Gasteiger charge is 2.81. The number of fused-ring (bicyclic) bond motifs is 3. The molecule has 2 saturated heterocycles. The summed E-state index contributed by atoms with van der Waals surface area (Å²) in [5, 5.41) is 13.1. The minimum atomic E-state index is -2.43. The van der Waals surface area contributed by atoms with Crippen molar-refractivity contribution < 1.29 is 76.6 Å². The van der Waals surface area contributed by atoms with E-state index in [0.717, 1.165) is 27.7 Å². The van der Waals surface area contributed by atoms with Crippen molar-refractivity contribution in [2.45, 2.75) is 149 Å². The standard InChI is InChI=1S/C39H56O16/c1-17(2)13-28(44)53-26-15-27(49-22(8)40)37(12)31(35(52-25(11)43)39(47)21(7)36(46)55-32(39)20(6)19(26)5)38(16-48-38)34(51-24(10)42)30(33(37)50-23(9)41)54-29(45)14-18(3)4/h17-18,20-21,26-27,30-35,47H,5,13-16H2,1-4,6-12H3. The average Bonchev–Trinajstić information content (AvgIpc) is 3.79. The molecule has 16 nitrogen and oxygen atoms in total. The summed E-state index contributed by atoms with van der Waals surface area (Å²) in [6, 6.07) is 0. The van der Waals surface area contributed by atoms with Crippen molar-refractivity contribution in [3.63, 3.8) is 0 Å². The number of epoxide rings is 1. The molecule has 0 aromatic heterocycles. The van der Waals surface area contributed by atoms with Gasteiger partial charge in [-0.25, -0.2) is 0 Å². The average molecular weight is 781 g/mol. The first kappa shape index (κ1) is 43.7. The second-order valence-electron chi connectivity index (χ2n) is 16.5. The highest BCUT2D eigenvalue weighted by Crippen LogP contribution is 2.64. The summed E-state index contributed by atoms with van der Waals surface area (Å²) in [6.45, 7) is 20.0. The van der Waals surface area contributed by atoms with E-state index in [-0.39, 0.29) is 43.3 Å². The Labute approximate surface area is 321 Å². The van der Waals surface area contributed by atoms with E-state index >= 15 is 0 Å². The van der Waals surface area contributed by atoms with E-state index in [1.807, 2.05) is 13.8 Å². The molecule has 0 bridgehead atoms. The van der Waals surface area contributed by atoms with Crippen LogP contribution in [0.1, 0.15) is 95.4 Å². The summed E-state index contributed by atoms with van der Waals surface area (Å²) in [7, 11) is 0. The summed E-state index contributed by atoms with van der Waals surface area (Å²) >= 11 is 0. The van der Waals surface area contributed by atoms with Crippen molar-refractivity contribution in [1.29, 1.82) is 0 Å². The first-order valence-corrected chi connectivity index (χ1v) is 18.7. The highest BCUT2D eigenvalue weighted by atomic mass is 16.7. The van der Waals surface area contributed by atoms with Gasteiger partial charge in [-0.2, -0.15) is 0 Å². The molecule has 2 aliphatic carbocycles. The van der Waals surface area contributed by atoms with Crippen molar-refractivity contribution in [3.05, 3.63) is 12.2 Å². The third-order valence-electron chi connectivity index (χ3n) is 11.3. The molecule has 16 heteroatoms. The highest BCUT2D eigenvalue weighted by molar-refractivity contribution is 5.78. The smallest absolute Gasteiger partial charge is 0.312 e. The zero-order chi connectivity index (χ0) is 41.5. The van der Waals surface area contributed by atoms with Crippen LogP contribution in [0.4, 0.5) is 0 Å². The first-order valence-electron chi connectivity index (χ1n) is 18.7. The molecule has 4 aliphatic rings. The second-order valence-corrected chi connectivity index (χ2v) is 16.5. The van der Waals surface area contributed by atoms with Gasteiger partial charge < -0.3 is 43.0 Å². The summed E-state index contributed by atoms with van der Waals surface area (Å²) in [5.74, 6) is -9.89. The van der Waals surface area contributed by atoms with Gasteiger partial charge in [-0.05, 0) is 24.3 Å². The van der Waals surface area contributed by atoms with Crippen LogP contribution >= 0.6 is 0 Å². The molecule has 2 aliphatic heterocycles. The van der Waals surface area contributed by atoms with Gasteiger partial charge in [-0.3, -0.25) is 33.6 Å². The molecule has 4 fully saturated rings. The Morgan fingerprint density at radius 1 is 0.782 bits per heavy atom. The predicted octanol–water partition coefficient (Wildman–Crippen LogP) is 2.92. The Morgan fingerprint density at radius 3 is 1.73 bits per heavy atom. The third-order valence-corrected chi connectivity index (χ3v) is 11.3. The number of rotatable bonds is 10. The number of hydrogen-bond acceptors (Lipinski definition) is 16. The van der Waals surface area contributed by atoms with Gasteiger partial charge in [0.05, 0.1) is 17.9 Å². The maximum Gasteiger partial charge on any atom is 0.312 e. The largest absolute Gasteiger partial charge is 0.462 e. The van der Waals surface area contributed by atoms with E-state index in [1.54, 1.807) is 20.8 Å². The SMILES string of the molecule is C=C1C(OC(=O)CC(C)C)CC(OC(C)=O)C2(C)C(OC(C)=O)C(OC(=O)CC(C)C)C(OC(C)=O)C3(CO3)C2C(OC(C)=O)C2(O)C(C)C(=O)OC2C1C. The van der Waals surface area contributed by atoms with E-state index in [4.69, 9.17) is 37.9 Å². The van der Waals surface area contributed by atoms with Crippen LogP contribution < -0.4 is 0 Å². The van der Waals surface area contributed by atoms with Crippen molar-refractivity contribution in [2.75, 3.05) is 6.61 Å². The Bertz CT molecular complexity index is 1560. The van der Waals surface area contributed by atoms with Gasteiger partial charge in [0, 0.05) is 58.8 Å². The van der Waals surface area contributed by atoms with Gasteiger partial charge >= 0.3 is 41.8 Å². The fourth-order valence-electron chi connectivity index (χ4n) is 8.84. The molecule has 1 spiro atoms. The van der Waals surface area contributed by atoms with Crippen molar-refractivity contribution in [3.8, 4) is 0 Å². The molecule has 308 valence electrons. The monoisotopic (exact) mass is 780 g/mol. The van der Waals surface area contributed by atoms with Crippen molar-refractivity contribution >= 4 is 41.8 Å². The number of carbonyl (C=O) groups is 7.